The van der Waals surface area contributed by atoms with Gasteiger partial charge in [0.2, 0.25) is 17.7 Å². The van der Waals surface area contributed by atoms with Crippen LogP contribution in [0.2, 0.25) is 0 Å². The molecule has 3 amide bonds. The first-order chi connectivity index (χ1) is 17.8. The van der Waals surface area contributed by atoms with Crippen molar-refractivity contribution in [2.24, 2.45) is 11.8 Å². The molecule has 1 aromatic rings. The highest BCUT2D eigenvalue weighted by Crippen LogP contribution is 2.64. The van der Waals surface area contributed by atoms with Crippen molar-refractivity contribution in [3.05, 3.63) is 24.3 Å². The highest BCUT2D eigenvalue weighted by Gasteiger charge is 2.79. The number of aliphatic hydroxyl groups is 1. The van der Waals surface area contributed by atoms with E-state index in [1.165, 1.54) is 4.90 Å². The number of unbranched alkanes of at least 4 members (excludes halogenated alkanes) is 1. The third-order valence-electron chi connectivity index (χ3n) is 8.49. The predicted molar refractivity (Wildman–Crippen MR) is 139 cm³/mol. The standard InChI is InChI=1S/C28H41N3O6/c1-5-9-16-29-25(34)23-28-15-14-27(7-3,37-28)21(22(28)26(35)31(23)19(6-2)17-32)24(33)30-18-10-12-20(13-11-18)36-8-4/h10-13,19,21-23,32H,5-9,14-17H2,1-4H3,(H,29,34)(H,30,33)/t19-,21-,22-,23?,27+,28?/m0/s1. The Morgan fingerprint density at radius 1 is 1.16 bits per heavy atom. The van der Waals surface area contributed by atoms with Gasteiger partial charge in [0.25, 0.3) is 0 Å². The smallest absolute Gasteiger partial charge is 0.245 e. The summed E-state index contributed by atoms with van der Waals surface area (Å²) in [5.74, 6) is -1.64. The number of ether oxygens (including phenoxy) is 2. The van der Waals surface area contributed by atoms with E-state index in [9.17, 15) is 19.5 Å². The first kappa shape index (κ1) is 27.4. The van der Waals surface area contributed by atoms with Gasteiger partial charge in [-0.25, -0.2) is 0 Å². The van der Waals surface area contributed by atoms with Crippen molar-refractivity contribution < 1.29 is 29.0 Å². The number of likely N-dealkylation sites (tertiary alicyclic amines) is 1. The van der Waals surface area contributed by atoms with Crippen LogP contribution in [-0.2, 0) is 19.1 Å². The Morgan fingerprint density at radius 2 is 1.89 bits per heavy atom. The molecule has 0 saturated carbocycles. The lowest BCUT2D eigenvalue weighted by Gasteiger charge is -2.37. The van der Waals surface area contributed by atoms with Crippen LogP contribution in [0.3, 0.4) is 0 Å². The van der Waals surface area contributed by atoms with Crippen molar-refractivity contribution in [2.75, 3.05) is 25.1 Å². The van der Waals surface area contributed by atoms with Crippen molar-refractivity contribution in [2.45, 2.75) is 89.5 Å². The molecule has 3 aliphatic rings. The fourth-order valence-corrected chi connectivity index (χ4v) is 6.67. The summed E-state index contributed by atoms with van der Waals surface area (Å²) in [6.45, 7) is 8.60. The maximum atomic E-state index is 14.1. The molecule has 9 heteroatoms. The van der Waals surface area contributed by atoms with E-state index >= 15 is 0 Å². The lowest BCUT2D eigenvalue weighted by Crippen LogP contribution is -2.58. The molecule has 204 valence electrons. The molecule has 3 saturated heterocycles. The van der Waals surface area contributed by atoms with E-state index < -0.39 is 35.1 Å². The van der Waals surface area contributed by atoms with Crippen molar-refractivity contribution in [1.82, 2.24) is 10.2 Å². The molecule has 2 bridgehead atoms. The number of carbonyl (C=O) groups excluding carboxylic acids is 3. The number of hydrogen-bond acceptors (Lipinski definition) is 6. The Labute approximate surface area is 219 Å². The SMILES string of the molecule is CCCCNC(=O)C1N([C@@H](CC)CO)C(=O)[C@@H]2[C@@H](C(=O)Nc3ccc(OCC)cc3)[C@@]3(CC)CCC12O3. The second-order valence-corrected chi connectivity index (χ2v) is 10.4. The van der Waals surface area contributed by atoms with Crippen LogP contribution in [0.25, 0.3) is 0 Å². The second-order valence-electron chi connectivity index (χ2n) is 10.4. The minimum absolute atomic E-state index is 0.258. The van der Waals surface area contributed by atoms with Crippen LogP contribution in [-0.4, -0.2) is 70.8 Å². The van der Waals surface area contributed by atoms with Gasteiger partial charge >= 0.3 is 0 Å². The zero-order valence-electron chi connectivity index (χ0n) is 22.4. The summed E-state index contributed by atoms with van der Waals surface area (Å²) in [6, 6.07) is 5.73. The molecular formula is C28H41N3O6. The molecule has 3 aliphatic heterocycles. The maximum Gasteiger partial charge on any atom is 0.245 e. The third-order valence-corrected chi connectivity index (χ3v) is 8.49. The molecule has 6 atom stereocenters. The zero-order chi connectivity index (χ0) is 26.8. The summed E-state index contributed by atoms with van der Waals surface area (Å²) in [4.78, 5) is 43.0. The number of aliphatic hydroxyl groups excluding tert-OH is 1. The number of amides is 3. The summed E-state index contributed by atoms with van der Waals surface area (Å²) in [5, 5.41) is 16.1. The summed E-state index contributed by atoms with van der Waals surface area (Å²) in [5.41, 5.74) is -1.30. The van der Waals surface area contributed by atoms with Crippen molar-refractivity contribution in [1.29, 1.82) is 0 Å². The van der Waals surface area contributed by atoms with E-state index in [1.807, 2.05) is 27.7 Å². The van der Waals surface area contributed by atoms with Gasteiger partial charge in [-0.15, -0.1) is 0 Å². The molecule has 3 N–H and O–H groups in total. The quantitative estimate of drug-likeness (QED) is 0.369. The molecule has 3 heterocycles. The average Bonchev–Trinajstić information content (AvgIpc) is 3.50. The Balaban J connectivity index is 1.69. The zero-order valence-corrected chi connectivity index (χ0v) is 22.4. The topological polar surface area (TPSA) is 117 Å². The minimum Gasteiger partial charge on any atom is -0.494 e. The fourth-order valence-electron chi connectivity index (χ4n) is 6.67. The Kier molecular flexibility index (Phi) is 8.14. The van der Waals surface area contributed by atoms with Gasteiger partial charge < -0.3 is 30.1 Å². The molecule has 0 radical (unpaired) electrons. The van der Waals surface area contributed by atoms with Crippen LogP contribution < -0.4 is 15.4 Å². The highest BCUT2D eigenvalue weighted by molar-refractivity contribution is 6.02. The molecule has 3 fully saturated rings. The first-order valence-electron chi connectivity index (χ1n) is 13.8. The van der Waals surface area contributed by atoms with E-state index in [-0.39, 0.29) is 24.3 Å². The van der Waals surface area contributed by atoms with Crippen LogP contribution in [0.5, 0.6) is 5.75 Å². The summed E-state index contributed by atoms with van der Waals surface area (Å²) in [7, 11) is 0. The predicted octanol–water partition coefficient (Wildman–Crippen LogP) is 2.87. The number of hydrogen-bond donors (Lipinski definition) is 3. The van der Waals surface area contributed by atoms with E-state index in [1.54, 1.807) is 24.3 Å². The fraction of sp³-hybridized carbons (Fsp3) is 0.679. The maximum absolute atomic E-state index is 14.1. The molecule has 37 heavy (non-hydrogen) atoms. The van der Waals surface area contributed by atoms with Gasteiger partial charge in [0.15, 0.2) is 0 Å². The van der Waals surface area contributed by atoms with Gasteiger partial charge in [0.05, 0.1) is 36.7 Å². The number of anilines is 1. The molecule has 1 aromatic carbocycles. The number of fused-ring (bicyclic) bond motifs is 1. The van der Waals surface area contributed by atoms with Crippen molar-refractivity contribution in [3.8, 4) is 5.75 Å². The summed E-state index contributed by atoms with van der Waals surface area (Å²) >= 11 is 0. The van der Waals surface area contributed by atoms with Gasteiger partial charge in [-0.2, -0.15) is 0 Å². The normalized spacial score (nSPS) is 30.8. The lowest BCUT2D eigenvalue weighted by atomic mass is 9.65. The molecule has 0 aliphatic carbocycles. The molecule has 2 unspecified atom stereocenters. The second kappa shape index (κ2) is 11.0. The lowest BCUT2D eigenvalue weighted by molar-refractivity contribution is -0.150. The van der Waals surface area contributed by atoms with Gasteiger partial charge in [0, 0.05) is 12.2 Å². The molecule has 9 nitrogen and oxygen atoms in total. The van der Waals surface area contributed by atoms with Crippen LogP contribution >= 0.6 is 0 Å². The van der Waals surface area contributed by atoms with Crippen molar-refractivity contribution in [3.63, 3.8) is 0 Å². The molecule has 1 spiro atoms. The van der Waals surface area contributed by atoms with Crippen molar-refractivity contribution >= 4 is 23.4 Å². The van der Waals surface area contributed by atoms with Gasteiger partial charge in [-0.1, -0.05) is 27.2 Å². The van der Waals surface area contributed by atoms with E-state index in [0.29, 0.717) is 50.3 Å². The van der Waals surface area contributed by atoms with Crippen LogP contribution in [0.4, 0.5) is 5.69 Å². The van der Waals surface area contributed by atoms with Gasteiger partial charge in [-0.05, 0) is 63.3 Å². The Bertz CT molecular complexity index is 996. The van der Waals surface area contributed by atoms with E-state index in [2.05, 4.69) is 10.6 Å². The summed E-state index contributed by atoms with van der Waals surface area (Å²) < 4.78 is 12.2. The highest BCUT2D eigenvalue weighted by atomic mass is 16.5. The summed E-state index contributed by atoms with van der Waals surface area (Å²) in [6.07, 6.45) is 3.92. The number of rotatable bonds is 12. The number of nitrogens with one attached hydrogen (secondary N) is 2. The number of carbonyl (C=O) groups is 3. The van der Waals surface area contributed by atoms with Crippen LogP contribution in [0, 0.1) is 11.8 Å². The van der Waals surface area contributed by atoms with Crippen LogP contribution in [0.1, 0.15) is 66.2 Å². The Hall–Kier alpha value is -2.65. The minimum atomic E-state index is -1.09. The third kappa shape index (κ3) is 4.50. The Morgan fingerprint density at radius 3 is 2.49 bits per heavy atom. The molecule has 0 aromatic heterocycles. The van der Waals surface area contributed by atoms with Gasteiger partial charge in [0.1, 0.15) is 17.4 Å². The average molecular weight is 516 g/mol. The molecule has 4 rings (SSSR count). The number of benzene rings is 1. The van der Waals surface area contributed by atoms with Crippen LogP contribution in [0.15, 0.2) is 24.3 Å². The van der Waals surface area contributed by atoms with E-state index in [0.717, 1.165) is 12.8 Å². The first-order valence-corrected chi connectivity index (χ1v) is 13.8. The monoisotopic (exact) mass is 515 g/mol. The largest absolute Gasteiger partial charge is 0.494 e. The number of nitrogens with zero attached hydrogens (tertiary/aromatic N) is 1. The van der Waals surface area contributed by atoms with Gasteiger partial charge in [-0.3, -0.25) is 14.4 Å². The van der Waals surface area contributed by atoms with E-state index in [4.69, 9.17) is 9.47 Å². The molecular weight excluding hydrogens is 474 g/mol.